The second-order valence-electron chi connectivity index (χ2n) is 14.1. The summed E-state index contributed by atoms with van der Waals surface area (Å²) in [5.74, 6) is 0. The lowest BCUT2D eigenvalue weighted by Crippen LogP contribution is -2.10. The SMILES string of the molecule is c1ccc(-c2ccc(-c3ccc(N(c4ccc(-c5cccc6ccc7c8ccccc8oc7c56)cc4)c4cccc5oc6ccccc6c45)cc3)cc2)cc1. The molecule has 9 aromatic carbocycles. The molecule has 258 valence electrons. The zero-order valence-electron chi connectivity index (χ0n) is 29.8. The summed E-state index contributed by atoms with van der Waals surface area (Å²) in [7, 11) is 0. The maximum Gasteiger partial charge on any atom is 0.143 e. The molecule has 0 aliphatic rings. The average molecular weight is 704 g/mol. The number of hydrogen-bond donors (Lipinski definition) is 0. The summed E-state index contributed by atoms with van der Waals surface area (Å²) in [6.07, 6.45) is 0. The van der Waals surface area contributed by atoms with Crippen molar-refractivity contribution in [1.29, 1.82) is 0 Å². The van der Waals surface area contributed by atoms with E-state index in [4.69, 9.17) is 8.83 Å². The summed E-state index contributed by atoms with van der Waals surface area (Å²) in [6, 6.07) is 70.9. The van der Waals surface area contributed by atoms with Gasteiger partial charge in [0.25, 0.3) is 0 Å². The Labute approximate surface area is 317 Å². The van der Waals surface area contributed by atoms with Gasteiger partial charge in [-0.3, -0.25) is 0 Å². The van der Waals surface area contributed by atoms with Gasteiger partial charge in [-0.2, -0.15) is 0 Å². The fourth-order valence-electron chi connectivity index (χ4n) is 8.24. The first kappa shape index (κ1) is 31.2. The fraction of sp³-hybridized carbons (Fsp3) is 0. The number of rotatable bonds is 6. The fourth-order valence-corrected chi connectivity index (χ4v) is 8.24. The average Bonchev–Trinajstić information content (AvgIpc) is 3.84. The zero-order valence-corrected chi connectivity index (χ0v) is 29.8. The lowest BCUT2D eigenvalue weighted by molar-refractivity contribution is 0.669. The van der Waals surface area contributed by atoms with Crippen LogP contribution >= 0.6 is 0 Å². The second kappa shape index (κ2) is 12.6. The van der Waals surface area contributed by atoms with E-state index in [1.165, 1.54) is 22.3 Å². The molecule has 0 fully saturated rings. The van der Waals surface area contributed by atoms with Gasteiger partial charge in [-0.05, 0) is 93.4 Å². The molecule has 0 saturated heterocycles. The number of nitrogens with zero attached hydrogens (tertiary/aromatic N) is 1. The van der Waals surface area contributed by atoms with Crippen molar-refractivity contribution in [2.24, 2.45) is 0 Å². The highest BCUT2D eigenvalue weighted by Gasteiger charge is 2.20. The number of anilines is 3. The van der Waals surface area contributed by atoms with Crippen LogP contribution in [0.15, 0.2) is 209 Å². The van der Waals surface area contributed by atoms with Crippen LogP contribution in [0.3, 0.4) is 0 Å². The summed E-state index contributed by atoms with van der Waals surface area (Å²) in [6.45, 7) is 0. The van der Waals surface area contributed by atoms with E-state index in [2.05, 4.69) is 181 Å². The minimum absolute atomic E-state index is 0.862. The van der Waals surface area contributed by atoms with Crippen molar-refractivity contribution >= 4 is 71.7 Å². The van der Waals surface area contributed by atoms with Crippen molar-refractivity contribution in [2.75, 3.05) is 4.90 Å². The van der Waals surface area contributed by atoms with Gasteiger partial charge < -0.3 is 13.7 Å². The van der Waals surface area contributed by atoms with Crippen LogP contribution in [0.1, 0.15) is 0 Å². The molecule has 2 heterocycles. The van der Waals surface area contributed by atoms with E-state index in [1.807, 2.05) is 24.3 Å². The highest BCUT2D eigenvalue weighted by Crippen LogP contribution is 2.45. The predicted octanol–water partition coefficient (Wildman–Crippen LogP) is 15.1. The normalized spacial score (nSPS) is 11.6. The summed E-state index contributed by atoms with van der Waals surface area (Å²) in [5.41, 5.74) is 13.8. The molecule has 0 N–H and O–H groups in total. The lowest BCUT2D eigenvalue weighted by atomic mass is 9.96. The molecule has 55 heavy (non-hydrogen) atoms. The standard InChI is InChI=1S/C52H33NO2/c1-2-10-34(11-3-1)35-20-22-36(23-21-35)37-24-29-40(30-25-37)53(46-16-9-19-49-51(46)45-14-5-7-18-48(45)54-49)41-31-26-38(27-32-41)42-15-8-12-39-28-33-44-43-13-4-6-17-47(43)55-52(44)50(39)42/h1-33H. The molecule has 0 spiro atoms. The van der Waals surface area contributed by atoms with E-state index in [0.717, 1.165) is 82.8 Å². The molecule has 0 aliphatic carbocycles. The van der Waals surface area contributed by atoms with Crippen molar-refractivity contribution in [2.45, 2.75) is 0 Å². The molecule has 11 rings (SSSR count). The topological polar surface area (TPSA) is 29.5 Å². The largest absolute Gasteiger partial charge is 0.456 e. The summed E-state index contributed by atoms with van der Waals surface area (Å²) in [4.78, 5) is 2.34. The maximum atomic E-state index is 6.52. The molecule has 11 aromatic rings. The van der Waals surface area contributed by atoms with Gasteiger partial charge in [-0.15, -0.1) is 0 Å². The Balaban J connectivity index is 1.03. The van der Waals surface area contributed by atoms with Gasteiger partial charge in [0.15, 0.2) is 0 Å². The quantitative estimate of drug-likeness (QED) is 0.173. The van der Waals surface area contributed by atoms with Gasteiger partial charge in [-0.25, -0.2) is 0 Å². The Morgan fingerprint density at radius 1 is 0.309 bits per heavy atom. The maximum absolute atomic E-state index is 6.52. The Kier molecular flexibility index (Phi) is 7.17. The predicted molar refractivity (Wildman–Crippen MR) is 229 cm³/mol. The van der Waals surface area contributed by atoms with E-state index in [0.29, 0.717) is 0 Å². The van der Waals surface area contributed by atoms with Crippen molar-refractivity contribution < 1.29 is 8.83 Å². The number of furan rings is 2. The summed E-state index contributed by atoms with van der Waals surface area (Å²) < 4.78 is 12.9. The second-order valence-corrected chi connectivity index (χ2v) is 14.1. The highest BCUT2D eigenvalue weighted by molar-refractivity contribution is 6.19. The molecule has 0 aliphatic heterocycles. The van der Waals surface area contributed by atoms with Gasteiger partial charge in [0.1, 0.15) is 22.3 Å². The Morgan fingerprint density at radius 3 is 1.56 bits per heavy atom. The molecule has 3 nitrogen and oxygen atoms in total. The zero-order chi connectivity index (χ0) is 36.3. The van der Waals surface area contributed by atoms with Crippen LogP contribution in [0.25, 0.3) is 88.0 Å². The van der Waals surface area contributed by atoms with Crippen LogP contribution < -0.4 is 4.90 Å². The molecule has 0 saturated carbocycles. The minimum Gasteiger partial charge on any atom is -0.456 e. The third-order valence-corrected chi connectivity index (χ3v) is 10.9. The first-order chi connectivity index (χ1) is 27.3. The van der Waals surface area contributed by atoms with Gasteiger partial charge >= 0.3 is 0 Å². The molecular formula is C52H33NO2. The minimum atomic E-state index is 0.862. The van der Waals surface area contributed by atoms with E-state index in [-0.39, 0.29) is 0 Å². The van der Waals surface area contributed by atoms with E-state index >= 15 is 0 Å². The Bertz CT molecular complexity index is 3170. The van der Waals surface area contributed by atoms with Crippen molar-refractivity contribution in [3.63, 3.8) is 0 Å². The summed E-state index contributed by atoms with van der Waals surface area (Å²) in [5, 5.41) is 6.73. The van der Waals surface area contributed by atoms with Crippen LogP contribution in [-0.4, -0.2) is 0 Å². The van der Waals surface area contributed by atoms with E-state index in [1.54, 1.807) is 0 Å². The smallest absolute Gasteiger partial charge is 0.143 e. The van der Waals surface area contributed by atoms with Gasteiger partial charge in [-0.1, -0.05) is 146 Å². The van der Waals surface area contributed by atoms with Gasteiger partial charge in [0.05, 0.1) is 11.1 Å². The molecular weight excluding hydrogens is 671 g/mol. The monoisotopic (exact) mass is 703 g/mol. The van der Waals surface area contributed by atoms with Crippen molar-refractivity contribution in [1.82, 2.24) is 0 Å². The summed E-state index contributed by atoms with van der Waals surface area (Å²) >= 11 is 0. The molecule has 0 bridgehead atoms. The third-order valence-electron chi connectivity index (χ3n) is 10.9. The molecule has 3 heteroatoms. The van der Waals surface area contributed by atoms with Gasteiger partial charge in [0.2, 0.25) is 0 Å². The molecule has 0 atom stereocenters. The lowest BCUT2D eigenvalue weighted by Gasteiger charge is -2.26. The first-order valence-corrected chi connectivity index (χ1v) is 18.7. The van der Waals surface area contributed by atoms with E-state index in [9.17, 15) is 0 Å². The molecule has 0 unspecified atom stereocenters. The number of para-hydroxylation sites is 2. The van der Waals surface area contributed by atoms with Crippen LogP contribution in [0.5, 0.6) is 0 Å². The van der Waals surface area contributed by atoms with Crippen LogP contribution in [0.2, 0.25) is 0 Å². The third kappa shape index (κ3) is 5.20. The van der Waals surface area contributed by atoms with E-state index < -0.39 is 0 Å². The van der Waals surface area contributed by atoms with Gasteiger partial charge in [0, 0.05) is 32.9 Å². The number of benzene rings is 9. The highest BCUT2D eigenvalue weighted by atomic mass is 16.3. The van der Waals surface area contributed by atoms with Crippen LogP contribution in [0, 0.1) is 0 Å². The van der Waals surface area contributed by atoms with Crippen LogP contribution in [0.4, 0.5) is 17.1 Å². The van der Waals surface area contributed by atoms with Crippen molar-refractivity contribution in [3.05, 3.63) is 200 Å². The number of hydrogen-bond acceptors (Lipinski definition) is 3. The van der Waals surface area contributed by atoms with Crippen molar-refractivity contribution in [3.8, 4) is 33.4 Å². The Morgan fingerprint density at radius 2 is 0.855 bits per heavy atom. The first-order valence-electron chi connectivity index (χ1n) is 18.7. The Hall–Kier alpha value is -7.36. The molecule has 0 amide bonds. The molecule has 2 aromatic heterocycles. The molecule has 0 radical (unpaired) electrons. The van der Waals surface area contributed by atoms with Crippen LogP contribution in [-0.2, 0) is 0 Å². The number of fused-ring (bicyclic) bond motifs is 8.